The van der Waals surface area contributed by atoms with Crippen LogP contribution in [0.15, 0.2) is 71.5 Å². The second-order valence-corrected chi connectivity index (χ2v) is 8.10. The van der Waals surface area contributed by atoms with Crippen molar-refractivity contribution in [1.29, 1.82) is 0 Å². The van der Waals surface area contributed by atoms with Crippen LogP contribution in [-0.4, -0.2) is 9.55 Å². The van der Waals surface area contributed by atoms with E-state index in [1.165, 1.54) is 5.56 Å². The monoisotopic (exact) mass is 478 g/mol. The van der Waals surface area contributed by atoms with Crippen molar-refractivity contribution in [2.75, 3.05) is 0 Å². The van der Waals surface area contributed by atoms with Crippen LogP contribution in [0.25, 0.3) is 28.7 Å². The van der Waals surface area contributed by atoms with Crippen molar-refractivity contribution in [2.24, 2.45) is 0 Å². The molecule has 1 heterocycles. The molecule has 0 aliphatic heterocycles. The van der Waals surface area contributed by atoms with Crippen LogP contribution in [0.5, 0.6) is 0 Å². The van der Waals surface area contributed by atoms with E-state index in [-0.39, 0.29) is 5.56 Å². The molecule has 0 spiro atoms. The van der Waals surface area contributed by atoms with Gasteiger partial charge in [0.25, 0.3) is 5.56 Å². The quantitative estimate of drug-likeness (QED) is 0.350. The molecule has 0 bridgehead atoms. The maximum atomic E-state index is 13.3. The molecule has 0 amide bonds. The second kappa shape index (κ2) is 7.72. The zero-order valence-electron chi connectivity index (χ0n) is 15.7. The molecule has 0 unspecified atom stereocenters. The summed E-state index contributed by atoms with van der Waals surface area (Å²) in [6.07, 6.45) is 3.91. The number of aryl methyl sites for hydroxylation is 2. The van der Waals surface area contributed by atoms with Gasteiger partial charge in [-0.2, -0.15) is 0 Å². The molecule has 0 atom stereocenters. The minimum atomic E-state index is -0.0590. The van der Waals surface area contributed by atoms with Crippen LogP contribution >= 0.6 is 22.6 Å². The van der Waals surface area contributed by atoms with Crippen LogP contribution in [0.3, 0.4) is 0 Å². The Bertz CT molecular complexity index is 1250. The minimum Gasteiger partial charge on any atom is -0.268 e. The molecule has 0 saturated carbocycles. The van der Waals surface area contributed by atoms with Crippen LogP contribution in [0.1, 0.15) is 22.5 Å². The summed E-state index contributed by atoms with van der Waals surface area (Å²) < 4.78 is 2.70. The number of hydrogen-bond acceptors (Lipinski definition) is 2. The first-order chi connectivity index (χ1) is 13.5. The molecule has 3 aromatic carbocycles. The van der Waals surface area contributed by atoms with Crippen LogP contribution < -0.4 is 5.56 Å². The standard InChI is InChI=1S/C24H19IN2O/c1-16-6-10-20(11-7-16)27-23(13-8-18-5-3-4-17(2)14-18)26-22-12-9-19(25)15-21(22)24(27)28/h3-15H,1-2H3. The molecule has 0 saturated heterocycles. The summed E-state index contributed by atoms with van der Waals surface area (Å²) in [6.45, 7) is 4.10. The predicted octanol–water partition coefficient (Wildman–Crippen LogP) is 5.78. The molecule has 0 aliphatic carbocycles. The zero-order valence-corrected chi connectivity index (χ0v) is 17.8. The van der Waals surface area contributed by atoms with E-state index in [1.807, 2.05) is 73.7 Å². The third-order valence-electron chi connectivity index (χ3n) is 4.62. The number of nitrogens with zero attached hydrogens (tertiary/aromatic N) is 2. The lowest BCUT2D eigenvalue weighted by Crippen LogP contribution is -2.22. The summed E-state index contributed by atoms with van der Waals surface area (Å²) in [4.78, 5) is 18.1. The minimum absolute atomic E-state index is 0.0590. The normalized spacial score (nSPS) is 11.4. The van der Waals surface area contributed by atoms with Crippen LogP contribution in [0.4, 0.5) is 0 Å². The van der Waals surface area contributed by atoms with Crippen molar-refractivity contribution >= 4 is 45.6 Å². The molecule has 4 rings (SSSR count). The topological polar surface area (TPSA) is 34.9 Å². The van der Waals surface area contributed by atoms with Gasteiger partial charge in [-0.05, 0) is 78.4 Å². The largest absolute Gasteiger partial charge is 0.268 e. The van der Waals surface area contributed by atoms with Crippen LogP contribution in [0.2, 0.25) is 0 Å². The molecular formula is C24H19IN2O. The van der Waals surface area contributed by atoms with Gasteiger partial charge in [-0.15, -0.1) is 0 Å². The van der Waals surface area contributed by atoms with E-state index in [1.54, 1.807) is 4.57 Å². The Labute approximate surface area is 177 Å². The number of hydrogen-bond donors (Lipinski definition) is 0. The molecule has 3 nitrogen and oxygen atoms in total. The van der Waals surface area contributed by atoms with Crippen LogP contribution in [-0.2, 0) is 0 Å². The van der Waals surface area contributed by atoms with Gasteiger partial charge in [0.1, 0.15) is 5.82 Å². The van der Waals surface area contributed by atoms with Gasteiger partial charge in [-0.1, -0.05) is 53.6 Å². The molecule has 0 aliphatic rings. The second-order valence-electron chi connectivity index (χ2n) is 6.86. The SMILES string of the molecule is Cc1ccc(-n2c(C=Cc3cccc(C)c3)nc3ccc(I)cc3c2=O)cc1. The van der Waals surface area contributed by atoms with E-state index in [0.717, 1.165) is 20.4 Å². The van der Waals surface area contributed by atoms with Crippen molar-refractivity contribution < 1.29 is 0 Å². The fourth-order valence-corrected chi connectivity index (χ4v) is 3.67. The summed E-state index contributed by atoms with van der Waals surface area (Å²) in [5.41, 5.74) is 4.88. The molecule has 0 N–H and O–H groups in total. The number of fused-ring (bicyclic) bond motifs is 1. The van der Waals surface area contributed by atoms with Crippen molar-refractivity contribution in [3.05, 3.63) is 103 Å². The smallest absolute Gasteiger partial charge is 0.266 e. The fourth-order valence-electron chi connectivity index (χ4n) is 3.17. The lowest BCUT2D eigenvalue weighted by atomic mass is 10.1. The Morgan fingerprint density at radius 2 is 1.68 bits per heavy atom. The molecule has 28 heavy (non-hydrogen) atoms. The lowest BCUT2D eigenvalue weighted by Gasteiger charge is -2.12. The molecular weight excluding hydrogens is 459 g/mol. The highest BCUT2D eigenvalue weighted by atomic mass is 127. The van der Waals surface area contributed by atoms with Gasteiger partial charge in [-0.25, -0.2) is 4.98 Å². The number of halogens is 1. The van der Waals surface area contributed by atoms with Crippen LogP contribution in [0, 0.1) is 17.4 Å². The highest BCUT2D eigenvalue weighted by molar-refractivity contribution is 14.1. The van der Waals surface area contributed by atoms with E-state index >= 15 is 0 Å². The molecule has 138 valence electrons. The number of aromatic nitrogens is 2. The van der Waals surface area contributed by atoms with Crippen molar-refractivity contribution in [3.63, 3.8) is 0 Å². The van der Waals surface area contributed by atoms with Crippen molar-refractivity contribution in [2.45, 2.75) is 13.8 Å². The van der Waals surface area contributed by atoms with Gasteiger partial charge < -0.3 is 0 Å². The lowest BCUT2D eigenvalue weighted by molar-refractivity contribution is 0.943. The first-order valence-electron chi connectivity index (χ1n) is 9.05. The number of rotatable bonds is 3. The Kier molecular flexibility index (Phi) is 5.13. The fraction of sp³-hybridized carbons (Fsp3) is 0.0833. The summed E-state index contributed by atoms with van der Waals surface area (Å²) >= 11 is 2.22. The highest BCUT2D eigenvalue weighted by Crippen LogP contribution is 2.18. The molecule has 0 radical (unpaired) electrons. The Morgan fingerprint density at radius 1 is 0.893 bits per heavy atom. The van der Waals surface area contributed by atoms with Gasteiger partial charge in [-0.3, -0.25) is 9.36 Å². The zero-order chi connectivity index (χ0) is 19.7. The molecule has 1 aromatic heterocycles. The first kappa shape index (κ1) is 18.6. The van der Waals surface area contributed by atoms with Gasteiger partial charge in [0.2, 0.25) is 0 Å². The summed E-state index contributed by atoms with van der Waals surface area (Å²) in [5, 5.41) is 0.625. The average Bonchev–Trinajstić information content (AvgIpc) is 2.68. The van der Waals surface area contributed by atoms with Crippen molar-refractivity contribution in [3.8, 4) is 5.69 Å². The maximum absolute atomic E-state index is 13.3. The first-order valence-corrected chi connectivity index (χ1v) is 10.1. The average molecular weight is 478 g/mol. The third-order valence-corrected chi connectivity index (χ3v) is 5.29. The van der Waals surface area contributed by atoms with E-state index in [2.05, 4.69) is 41.6 Å². The van der Waals surface area contributed by atoms with Gasteiger partial charge in [0.05, 0.1) is 16.6 Å². The summed E-state index contributed by atoms with van der Waals surface area (Å²) in [6, 6.07) is 21.9. The molecule has 0 fully saturated rings. The Balaban J connectivity index is 1.95. The van der Waals surface area contributed by atoms with Gasteiger partial charge in [0, 0.05) is 3.57 Å². The Morgan fingerprint density at radius 3 is 2.43 bits per heavy atom. The van der Waals surface area contributed by atoms with Gasteiger partial charge in [0.15, 0.2) is 0 Å². The van der Waals surface area contributed by atoms with Gasteiger partial charge >= 0.3 is 0 Å². The Hall–Kier alpha value is -2.73. The summed E-state index contributed by atoms with van der Waals surface area (Å²) in [5.74, 6) is 0.615. The maximum Gasteiger partial charge on any atom is 0.266 e. The highest BCUT2D eigenvalue weighted by Gasteiger charge is 2.11. The molecule has 4 heteroatoms. The third kappa shape index (κ3) is 3.78. The molecule has 4 aromatic rings. The van der Waals surface area contributed by atoms with E-state index in [4.69, 9.17) is 4.98 Å². The van der Waals surface area contributed by atoms with E-state index < -0.39 is 0 Å². The van der Waals surface area contributed by atoms with E-state index in [0.29, 0.717) is 16.7 Å². The summed E-state index contributed by atoms with van der Waals surface area (Å²) in [7, 11) is 0. The van der Waals surface area contributed by atoms with Crippen molar-refractivity contribution in [1.82, 2.24) is 9.55 Å². The number of benzene rings is 3. The van der Waals surface area contributed by atoms with E-state index in [9.17, 15) is 4.79 Å². The predicted molar refractivity (Wildman–Crippen MR) is 125 cm³/mol.